The predicted molar refractivity (Wildman–Crippen MR) is 124 cm³/mol. The van der Waals surface area contributed by atoms with Crippen LogP contribution in [0.15, 0.2) is 36.4 Å². The Morgan fingerprint density at radius 1 is 0.765 bits per heavy atom. The van der Waals surface area contributed by atoms with Crippen LogP contribution in [0.4, 0.5) is 22.7 Å². The molecule has 0 radical (unpaired) electrons. The van der Waals surface area contributed by atoms with Gasteiger partial charge in [-0.3, -0.25) is 29.8 Å². The zero-order valence-electron chi connectivity index (χ0n) is 18.5. The first-order valence-electron chi connectivity index (χ1n) is 11.5. The number of rotatable bonds is 4. The van der Waals surface area contributed by atoms with Crippen molar-refractivity contribution < 1.29 is 19.4 Å². The van der Waals surface area contributed by atoms with E-state index in [1.54, 1.807) is 21.9 Å². The van der Waals surface area contributed by atoms with Crippen molar-refractivity contribution in [3.05, 3.63) is 67.8 Å². The molecule has 2 aromatic carbocycles. The van der Waals surface area contributed by atoms with E-state index in [1.807, 2.05) is 0 Å². The first kappa shape index (κ1) is 22.0. The topological polar surface area (TPSA) is 127 Å². The third-order valence-electron chi connectivity index (χ3n) is 7.26. The van der Waals surface area contributed by atoms with Crippen molar-refractivity contribution in [2.24, 2.45) is 11.8 Å². The van der Waals surface area contributed by atoms with Gasteiger partial charge >= 0.3 is 0 Å². The average Bonchev–Trinajstić information content (AvgIpc) is 3.46. The monoisotopic (exact) mass is 464 g/mol. The Balaban J connectivity index is 1.32. The highest BCUT2D eigenvalue weighted by molar-refractivity contribution is 6.00. The van der Waals surface area contributed by atoms with Crippen molar-refractivity contribution in [1.29, 1.82) is 0 Å². The number of hydrogen-bond acceptors (Lipinski definition) is 6. The zero-order valence-corrected chi connectivity index (χ0v) is 18.5. The summed E-state index contributed by atoms with van der Waals surface area (Å²) >= 11 is 0. The molecule has 10 nitrogen and oxygen atoms in total. The lowest BCUT2D eigenvalue weighted by Gasteiger charge is -2.32. The van der Waals surface area contributed by atoms with Gasteiger partial charge in [-0.05, 0) is 43.2 Å². The summed E-state index contributed by atoms with van der Waals surface area (Å²) in [5.74, 6) is -0.844. The second kappa shape index (κ2) is 8.51. The van der Waals surface area contributed by atoms with Crippen LogP contribution in [0, 0.1) is 32.1 Å². The zero-order chi connectivity index (χ0) is 24.0. The van der Waals surface area contributed by atoms with Gasteiger partial charge in [0.1, 0.15) is 0 Å². The molecule has 0 bridgehead atoms. The highest BCUT2D eigenvalue weighted by Crippen LogP contribution is 2.39. The number of carbonyl (C=O) groups excluding carboxylic acids is 2. The molecule has 2 unspecified atom stereocenters. The Hall–Kier alpha value is -3.82. The normalized spacial score (nSPS) is 21.2. The third kappa shape index (κ3) is 3.78. The molecule has 1 aliphatic carbocycles. The Morgan fingerprint density at radius 2 is 1.21 bits per heavy atom. The lowest BCUT2D eigenvalue weighted by atomic mass is 9.80. The minimum Gasteiger partial charge on any atom is -0.311 e. The molecule has 2 aromatic rings. The molecule has 0 spiro atoms. The molecule has 3 aliphatic rings. The molecule has 5 rings (SSSR count). The third-order valence-corrected chi connectivity index (χ3v) is 7.26. The number of non-ortho nitro benzene ring substituents is 2. The summed E-state index contributed by atoms with van der Waals surface area (Å²) in [5.41, 5.74) is 2.92. The van der Waals surface area contributed by atoms with Crippen LogP contribution < -0.4 is 9.80 Å². The van der Waals surface area contributed by atoms with Gasteiger partial charge in [-0.15, -0.1) is 0 Å². The molecule has 10 heteroatoms. The number of nitrogens with zero attached hydrogens (tertiary/aromatic N) is 4. The maximum absolute atomic E-state index is 13.4. The van der Waals surface area contributed by atoms with E-state index in [4.69, 9.17) is 0 Å². The molecule has 2 aliphatic heterocycles. The number of hydrogen-bond donors (Lipinski definition) is 0. The number of carbonyl (C=O) groups is 2. The molecule has 1 saturated carbocycles. The van der Waals surface area contributed by atoms with Crippen molar-refractivity contribution in [2.45, 2.75) is 38.5 Å². The van der Waals surface area contributed by atoms with Crippen LogP contribution in [0.3, 0.4) is 0 Å². The fourth-order valence-corrected chi connectivity index (χ4v) is 5.50. The van der Waals surface area contributed by atoms with E-state index >= 15 is 0 Å². The quantitative estimate of drug-likeness (QED) is 0.500. The molecular weight excluding hydrogens is 440 g/mol. The van der Waals surface area contributed by atoms with Crippen molar-refractivity contribution in [2.75, 3.05) is 22.9 Å². The molecule has 34 heavy (non-hydrogen) atoms. The fourth-order valence-electron chi connectivity index (χ4n) is 5.50. The van der Waals surface area contributed by atoms with Gasteiger partial charge in [-0.1, -0.05) is 18.6 Å². The molecule has 2 heterocycles. The summed E-state index contributed by atoms with van der Waals surface area (Å²) in [4.78, 5) is 51.5. The lowest BCUT2D eigenvalue weighted by molar-refractivity contribution is -0.385. The molecular formula is C24H24N4O6. The molecule has 1 fully saturated rings. The fraction of sp³-hybridized carbons (Fsp3) is 0.417. The first-order valence-corrected chi connectivity index (χ1v) is 11.5. The van der Waals surface area contributed by atoms with Gasteiger partial charge in [0.25, 0.3) is 11.4 Å². The second-order valence-electron chi connectivity index (χ2n) is 9.18. The number of benzene rings is 2. The summed E-state index contributed by atoms with van der Waals surface area (Å²) < 4.78 is 0. The van der Waals surface area contributed by atoms with Crippen molar-refractivity contribution in [1.82, 2.24) is 0 Å². The standard InChI is InChI=1S/C24H24N4O6/c29-23(25-10-8-15-4-6-19(27(31)32)13-21(15)25)17-2-1-3-18(12-17)24(30)26-11-9-16-5-7-20(28(33)34)14-22(16)26/h4-7,13-14,17-18H,1-3,8-12H2. The number of nitro groups is 2. The van der Waals surface area contributed by atoms with Gasteiger partial charge in [0, 0.05) is 49.2 Å². The lowest BCUT2D eigenvalue weighted by Crippen LogP contribution is -2.41. The summed E-state index contributed by atoms with van der Waals surface area (Å²) in [7, 11) is 0. The van der Waals surface area contributed by atoms with Gasteiger partial charge in [0.2, 0.25) is 11.8 Å². The largest absolute Gasteiger partial charge is 0.311 e. The van der Waals surface area contributed by atoms with Crippen LogP contribution >= 0.6 is 0 Å². The predicted octanol–water partition coefficient (Wildman–Crippen LogP) is 3.79. The Labute approximate surface area is 195 Å². The van der Waals surface area contributed by atoms with E-state index in [1.165, 1.54) is 24.3 Å². The molecule has 2 amide bonds. The second-order valence-corrected chi connectivity index (χ2v) is 9.18. The van der Waals surface area contributed by atoms with Crippen molar-refractivity contribution in [3.8, 4) is 0 Å². The highest BCUT2D eigenvalue weighted by atomic mass is 16.6. The van der Waals surface area contributed by atoms with E-state index < -0.39 is 9.85 Å². The average molecular weight is 464 g/mol. The van der Waals surface area contributed by atoms with Crippen molar-refractivity contribution in [3.63, 3.8) is 0 Å². The first-order chi connectivity index (χ1) is 16.3. The maximum Gasteiger partial charge on any atom is 0.271 e. The molecule has 0 N–H and O–H groups in total. The van der Waals surface area contributed by atoms with Crippen LogP contribution in [-0.4, -0.2) is 34.8 Å². The highest BCUT2D eigenvalue weighted by Gasteiger charge is 2.39. The van der Waals surface area contributed by atoms with E-state index in [2.05, 4.69) is 0 Å². The molecule has 0 saturated heterocycles. The van der Waals surface area contributed by atoms with Gasteiger partial charge in [0.15, 0.2) is 0 Å². The molecule has 176 valence electrons. The minimum atomic E-state index is -0.464. The van der Waals surface area contributed by atoms with E-state index in [9.17, 15) is 29.8 Å². The Morgan fingerprint density at radius 3 is 1.62 bits per heavy atom. The smallest absolute Gasteiger partial charge is 0.271 e. The van der Waals surface area contributed by atoms with Gasteiger partial charge in [0.05, 0.1) is 21.2 Å². The van der Waals surface area contributed by atoms with Gasteiger partial charge in [-0.25, -0.2) is 0 Å². The summed E-state index contributed by atoms with van der Waals surface area (Å²) in [6, 6.07) is 9.25. The Bertz CT molecular complexity index is 1120. The van der Waals surface area contributed by atoms with Gasteiger partial charge < -0.3 is 9.80 Å². The van der Waals surface area contributed by atoms with E-state index in [0.717, 1.165) is 17.5 Å². The van der Waals surface area contributed by atoms with E-state index in [0.29, 0.717) is 56.6 Å². The molecule has 2 atom stereocenters. The van der Waals surface area contributed by atoms with Crippen LogP contribution in [0.5, 0.6) is 0 Å². The van der Waals surface area contributed by atoms with Gasteiger partial charge in [-0.2, -0.15) is 0 Å². The summed E-state index contributed by atoms with van der Waals surface area (Å²) in [6.45, 7) is 0.960. The van der Waals surface area contributed by atoms with Crippen LogP contribution in [0.2, 0.25) is 0 Å². The number of anilines is 2. The van der Waals surface area contributed by atoms with Crippen molar-refractivity contribution >= 4 is 34.6 Å². The summed E-state index contributed by atoms with van der Waals surface area (Å²) in [6.07, 6.45) is 3.79. The molecule has 0 aromatic heterocycles. The SMILES string of the molecule is O=C(C1CCCC(C(=O)N2CCc3ccc([N+](=O)[O-])cc32)C1)N1CCc2ccc([N+](=O)[O-])cc21. The maximum atomic E-state index is 13.4. The number of nitro benzene ring substituents is 2. The Kier molecular flexibility index (Phi) is 5.51. The summed E-state index contributed by atoms with van der Waals surface area (Å²) in [5, 5.41) is 22.4. The van der Waals surface area contributed by atoms with Crippen LogP contribution in [0.25, 0.3) is 0 Å². The van der Waals surface area contributed by atoms with Crippen LogP contribution in [-0.2, 0) is 22.4 Å². The van der Waals surface area contributed by atoms with Crippen LogP contribution in [0.1, 0.15) is 36.8 Å². The number of fused-ring (bicyclic) bond motifs is 2. The number of amides is 2. The minimum absolute atomic E-state index is 0.0445. The van der Waals surface area contributed by atoms with E-state index in [-0.39, 0.29) is 35.0 Å².